The molecule has 0 bridgehead atoms. The average Bonchev–Trinajstić information content (AvgIpc) is 2.29. The van der Waals surface area contributed by atoms with E-state index in [0.717, 1.165) is 12.1 Å². The summed E-state index contributed by atoms with van der Waals surface area (Å²) in [6, 6.07) is 7.79. The maximum atomic E-state index is 12.8. The lowest BCUT2D eigenvalue weighted by Crippen LogP contribution is -2.15. The molecule has 0 aliphatic rings. The Kier molecular flexibility index (Phi) is 3.04. The van der Waals surface area contributed by atoms with Gasteiger partial charge in [-0.25, -0.2) is 9.97 Å². The van der Waals surface area contributed by atoms with Gasteiger partial charge in [-0.05, 0) is 24.3 Å². The lowest BCUT2D eigenvalue weighted by atomic mass is 10.3. The fourth-order valence-electron chi connectivity index (χ4n) is 1.19. The summed E-state index contributed by atoms with van der Waals surface area (Å²) >= 11 is 0. The number of hydrogen-bond acceptors (Lipinski definition) is 3. The first-order valence-corrected chi connectivity index (χ1v) is 4.71. The molecule has 1 N–H and O–H groups in total. The maximum absolute atomic E-state index is 12.8. The van der Waals surface area contributed by atoms with Crippen LogP contribution in [-0.2, 0) is 0 Å². The van der Waals surface area contributed by atoms with E-state index in [9.17, 15) is 13.6 Å². The van der Waals surface area contributed by atoms with E-state index in [0.29, 0.717) is 0 Å². The Morgan fingerprint density at radius 3 is 2.29 bits per heavy atom. The van der Waals surface area contributed by atoms with Crippen LogP contribution in [0, 0.1) is 11.9 Å². The van der Waals surface area contributed by atoms with Gasteiger partial charge in [0.05, 0.1) is 0 Å². The molecule has 0 aliphatic heterocycles. The maximum Gasteiger partial charge on any atom is 0.275 e. The predicted octanol–water partition coefficient (Wildman–Crippen LogP) is 2.01. The van der Waals surface area contributed by atoms with Crippen LogP contribution in [0.5, 0.6) is 0 Å². The molecule has 0 saturated carbocycles. The molecule has 6 heteroatoms. The van der Waals surface area contributed by atoms with Crippen LogP contribution in [0.3, 0.4) is 0 Å². The summed E-state index contributed by atoms with van der Waals surface area (Å²) in [4.78, 5) is 18.4. The van der Waals surface area contributed by atoms with Crippen molar-refractivity contribution in [1.82, 2.24) is 9.97 Å². The number of pyridine rings is 2. The molecule has 0 unspecified atom stereocenters. The number of amides is 1. The highest BCUT2D eigenvalue weighted by molar-refractivity contribution is 6.02. The van der Waals surface area contributed by atoms with Crippen LogP contribution < -0.4 is 5.32 Å². The molecule has 2 aromatic heterocycles. The smallest absolute Gasteiger partial charge is 0.275 e. The van der Waals surface area contributed by atoms with Crippen molar-refractivity contribution in [2.24, 2.45) is 0 Å². The summed E-state index contributed by atoms with van der Waals surface area (Å²) in [5, 5.41) is 2.31. The molecule has 4 nitrogen and oxygen atoms in total. The van der Waals surface area contributed by atoms with Crippen molar-refractivity contribution in [3.63, 3.8) is 0 Å². The van der Waals surface area contributed by atoms with Crippen molar-refractivity contribution in [3.8, 4) is 0 Å². The summed E-state index contributed by atoms with van der Waals surface area (Å²) in [5.74, 6) is -2.08. The highest BCUT2D eigenvalue weighted by atomic mass is 19.1. The number of hydrogen-bond donors (Lipinski definition) is 1. The lowest BCUT2D eigenvalue weighted by Gasteiger charge is -2.03. The third kappa shape index (κ3) is 2.81. The molecule has 0 atom stereocenters. The Labute approximate surface area is 95.3 Å². The lowest BCUT2D eigenvalue weighted by molar-refractivity contribution is 0.102. The molecule has 0 fully saturated rings. The van der Waals surface area contributed by atoms with Crippen LogP contribution in [0.2, 0.25) is 0 Å². The average molecular weight is 235 g/mol. The van der Waals surface area contributed by atoms with Gasteiger partial charge < -0.3 is 5.32 Å². The Balaban J connectivity index is 2.17. The van der Waals surface area contributed by atoms with Crippen molar-refractivity contribution >= 4 is 11.7 Å². The number of aromatic nitrogens is 2. The van der Waals surface area contributed by atoms with Crippen LogP contribution in [-0.4, -0.2) is 15.9 Å². The van der Waals surface area contributed by atoms with Gasteiger partial charge in [-0.1, -0.05) is 12.1 Å². The van der Waals surface area contributed by atoms with Crippen molar-refractivity contribution < 1.29 is 13.6 Å². The summed E-state index contributed by atoms with van der Waals surface area (Å²) in [5.41, 5.74) is -0.101. The minimum Gasteiger partial charge on any atom is -0.305 e. The van der Waals surface area contributed by atoms with Crippen LogP contribution in [0.15, 0.2) is 36.4 Å². The van der Waals surface area contributed by atoms with Crippen LogP contribution in [0.25, 0.3) is 0 Å². The highest BCUT2D eigenvalue weighted by Gasteiger charge is 2.09. The van der Waals surface area contributed by atoms with Gasteiger partial charge in [0.15, 0.2) is 0 Å². The van der Waals surface area contributed by atoms with Gasteiger partial charge >= 0.3 is 0 Å². The van der Waals surface area contributed by atoms with Gasteiger partial charge in [-0.2, -0.15) is 8.78 Å². The second kappa shape index (κ2) is 4.65. The molecule has 2 heterocycles. The molecule has 1 amide bonds. The van der Waals surface area contributed by atoms with Gasteiger partial charge in [-0.15, -0.1) is 0 Å². The topological polar surface area (TPSA) is 54.9 Å². The third-order valence-electron chi connectivity index (χ3n) is 1.90. The van der Waals surface area contributed by atoms with Crippen molar-refractivity contribution in [2.75, 3.05) is 5.32 Å². The van der Waals surface area contributed by atoms with Gasteiger partial charge in [0, 0.05) is 0 Å². The zero-order valence-corrected chi connectivity index (χ0v) is 8.52. The molecular weight excluding hydrogens is 228 g/mol. The van der Waals surface area contributed by atoms with E-state index >= 15 is 0 Å². The van der Waals surface area contributed by atoms with Crippen molar-refractivity contribution in [1.29, 1.82) is 0 Å². The van der Waals surface area contributed by atoms with Gasteiger partial charge in [-0.3, -0.25) is 4.79 Å². The zero-order valence-electron chi connectivity index (χ0n) is 8.52. The van der Waals surface area contributed by atoms with Crippen molar-refractivity contribution in [3.05, 3.63) is 54.0 Å². The Hall–Kier alpha value is -2.37. The molecule has 0 saturated heterocycles. The third-order valence-corrected chi connectivity index (χ3v) is 1.90. The van der Waals surface area contributed by atoms with E-state index in [1.807, 2.05) is 0 Å². The molecule has 86 valence electrons. The van der Waals surface area contributed by atoms with Gasteiger partial charge in [0.2, 0.25) is 11.9 Å². The first-order valence-electron chi connectivity index (χ1n) is 4.71. The fraction of sp³-hybridized carbons (Fsp3) is 0. The summed E-state index contributed by atoms with van der Waals surface area (Å²) in [6.07, 6.45) is 0. The Morgan fingerprint density at radius 1 is 1.00 bits per heavy atom. The van der Waals surface area contributed by atoms with E-state index in [1.54, 1.807) is 0 Å². The number of nitrogens with one attached hydrogen (secondary N) is 1. The molecule has 0 aromatic carbocycles. The van der Waals surface area contributed by atoms with Gasteiger partial charge in [0.1, 0.15) is 11.5 Å². The molecule has 0 radical (unpaired) electrons. The minimum absolute atomic E-state index is 0.0426. The molecule has 0 spiro atoms. The molecule has 17 heavy (non-hydrogen) atoms. The van der Waals surface area contributed by atoms with E-state index < -0.39 is 17.8 Å². The van der Waals surface area contributed by atoms with Crippen LogP contribution in [0.1, 0.15) is 10.5 Å². The first kappa shape index (κ1) is 11.1. The standard InChI is InChI=1S/C11H7F2N3O/c12-8-4-1-3-7(14-8)11(17)16-10-6-2-5-9(13)15-10/h1-6H,(H,15,16,17). The van der Waals surface area contributed by atoms with Crippen LogP contribution >= 0.6 is 0 Å². The quantitative estimate of drug-likeness (QED) is 0.810. The number of carbonyl (C=O) groups excluding carboxylic acids is 1. The number of nitrogens with zero attached hydrogens (tertiary/aromatic N) is 2. The SMILES string of the molecule is O=C(Nc1cccc(F)n1)c1cccc(F)n1. The number of rotatable bonds is 2. The van der Waals surface area contributed by atoms with Crippen LogP contribution in [0.4, 0.5) is 14.6 Å². The Bertz CT molecular complexity index is 560. The van der Waals surface area contributed by atoms with E-state index in [1.165, 1.54) is 24.3 Å². The molecular formula is C11H7F2N3O. The fourth-order valence-corrected chi connectivity index (χ4v) is 1.19. The van der Waals surface area contributed by atoms with E-state index in [-0.39, 0.29) is 11.5 Å². The normalized spacial score (nSPS) is 10.0. The molecule has 0 aliphatic carbocycles. The Morgan fingerprint density at radius 2 is 1.65 bits per heavy atom. The minimum atomic E-state index is -0.759. The van der Waals surface area contributed by atoms with E-state index in [4.69, 9.17) is 0 Å². The monoisotopic (exact) mass is 235 g/mol. The second-order valence-electron chi connectivity index (χ2n) is 3.15. The summed E-state index contributed by atoms with van der Waals surface area (Å²) < 4.78 is 25.5. The summed E-state index contributed by atoms with van der Waals surface area (Å²) in [6.45, 7) is 0. The second-order valence-corrected chi connectivity index (χ2v) is 3.15. The number of halogens is 2. The number of anilines is 1. The molecule has 2 aromatic rings. The van der Waals surface area contributed by atoms with Gasteiger partial charge in [0.25, 0.3) is 5.91 Å². The van der Waals surface area contributed by atoms with E-state index in [2.05, 4.69) is 15.3 Å². The number of carbonyl (C=O) groups is 1. The first-order chi connectivity index (χ1) is 8.15. The van der Waals surface area contributed by atoms with Crippen molar-refractivity contribution in [2.45, 2.75) is 0 Å². The largest absolute Gasteiger partial charge is 0.305 e. The molecule has 2 rings (SSSR count). The summed E-state index contributed by atoms with van der Waals surface area (Å²) in [7, 11) is 0. The predicted molar refractivity (Wildman–Crippen MR) is 56.3 cm³/mol. The zero-order chi connectivity index (χ0) is 12.3. The highest BCUT2D eigenvalue weighted by Crippen LogP contribution is 2.06.